The van der Waals surface area contributed by atoms with Crippen LogP contribution in [0.2, 0.25) is 0 Å². The number of amides is 2. The average Bonchev–Trinajstić information content (AvgIpc) is 3.31. The maximum atomic E-state index is 12.9. The lowest BCUT2D eigenvalue weighted by molar-refractivity contribution is -0.141. The molecule has 7 heteroatoms. The van der Waals surface area contributed by atoms with E-state index < -0.39 is 18.0 Å². The molecule has 0 spiro atoms. The number of aliphatic carboxylic acids is 1. The third kappa shape index (κ3) is 4.40. The number of nitrogens with zero attached hydrogens (tertiary/aromatic N) is 1. The Morgan fingerprint density at radius 3 is 2.69 bits per heavy atom. The van der Waals surface area contributed by atoms with Crippen molar-refractivity contribution >= 4 is 23.5 Å². The van der Waals surface area contributed by atoms with Crippen LogP contribution in [0.1, 0.15) is 43.0 Å². The number of benzene rings is 1. The molecule has 3 rings (SSSR count). The van der Waals surface area contributed by atoms with Crippen LogP contribution in [0.5, 0.6) is 0 Å². The fraction of sp³-hybridized carbons (Fsp3) is 0.526. The Labute approximate surface area is 152 Å². The van der Waals surface area contributed by atoms with Crippen molar-refractivity contribution in [1.82, 2.24) is 4.90 Å². The second kappa shape index (κ2) is 7.86. The Balaban J connectivity index is 1.70. The Kier molecular flexibility index (Phi) is 5.56. The lowest BCUT2D eigenvalue weighted by Gasteiger charge is -2.24. The molecule has 2 aliphatic rings. The highest BCUT2D eigenvalue weighted by Crippen LogP contribution is 2.29. The highest BCUT2D eigenvalue weighted by molar-refractivity contribution is 5.98. The predicted octanol–water partition coefficient (Wildman–Crippen LogP) is 2.13. The number of anilines is 1. The minimum absolute atomic E-state index is 0.106. The van der Waals surface area contributed by atoms with Crippen LogP contribution in [0.25, 0.3) is 0 Å². The molecular formula is C19H24N2O5. The first kappa shape index (κ1) is 18.4. The van der Waals surface area contributed by atoms with E-state index >= 15 is 0 Å². The number of carbonyl (C=O) groups excluding carboxylic acids is 2. The third-order valence-electron chi connectivity index (χ3n) is 4.74. The molecule has 0 aromatic heterocycles. The number of hydrogen-bond acceptors (Lipinski definition) is 4. The van der Waals surface area contributed by atoms with E-state index in [9.17, 15) is 14.4 Å². The molecular weight excluding hydrogens is 336 g/mol. The van der Waals surface area contributed by atoms with Crippen LogP contribution in [-0.4, -0.2) is 53.1 Å². The van der Waals surface area contributed by atoms with Gasteiger partial charge in [0, 0.05) is 30.4 Å². The SMILES string of the molecule is CC(CN(C(=O)c1cccc(NC(=O)C2CCCO2)c1)C1CC1)C(=O)O. The molecule has 2 fully saturated rings. The minimum atomic E-state index is -0.916. The summed E-state index contributed by atoms with van der Waals surface area (Å²) < 4.78 is 5.37. The van der Waals surface area contributed by atoms with Gasteiger partial charge in [0.2, 0.25) is 0 Å². The molecule has 2 amide bonds. The molecule has 26 heavy (non-hydrogen) atoms. The van der Waals surface area contributed by atoms with Crippen molar-refractivity contribution in [3.8, 4) is 0 Å². The lowest BCUT2D eigenvalue weighted by Crippen LogP contribution is -2.38. The van der Waals surface area contributed by atoms with E-state index in [0.29, 0.717) is 24.3 Å². The van der Waals surface area contributed by atoms with Crippen LogP contribution < -0.4 is 5.32 Å². The summed E-state index contributed by atoms with van der Waals surface area (Å²) in [6.07, 6.45) is 2.93. The van der Waals surface area contributed by atoms with E-state index in [1.807, 2.05) is 0 Å². The van der Waals surface area contributed by atoms with E-state index in [1.165, 1.54) is 0 Å². The third-order valence-corrected chi connectivity index (χ3v) is 4.74. The van der Waals surface area contributed by atoms with E-state index in [2.05, 4.69) is 5.32 Å². The summed E-state index contributed by atoms with van der Waals surface area (Å²) in [6.45, 7) is 2.38. The van der Waals surface area contributed by atoms with Gasteiger partial charge >= 0.3 is 5.97 Å². The van der Waals surface area contributed by atoms with Crippen molar-refractivity contribution in [3.05, 3.63) is 29.8 Å². The number of nitrogens with one attached hydrogen (secondary N) is 1. The Morgan fingerprint density at radius 2 is 2.08 bits per heavy atom. The van der Waals surface area contributed by atoms with Gasteiger partial charge in [0.25, 0.3) is 11.8 Å². The zero-order valence-electron chi connectivity index (χ0n) is 14.8. The van der Waals surface area contributed by atoms with Crippen molar-refractivity contribution in [2.24, 2.45) is 5.92 Å². The van der Waals surface area contributed by atoms with E-state index in [0.717, 1.165) is 19.3 Å². The van der Waals surface area contributed by atoms with Crippen LogP contribution in [0, 0.1) is 5.92 Å². The largest absolute Gasteiger partial charge is 0.481 e. The summed E-state index contributed by atoms with van der Waals surface area (Å²) in [7, 11) is 0. The molecule has 1 saturated carbocycles. The Hall–Kier alpha value is -2.41. The lowest BCUT2D eigenvalue weighted by atomic mass is 10.1. The molecule has 1 aliphatic heterocycles. The van der Waals surface area contributed by atoms with E-state index in [1.54, 1.807) is 36.1 Å². The van der Waals surface area contributed by atoms with Gasteiger partial charge in [-0.25, -0.2) is 0 Å². The van der Waals surface area contributed by atoms with E-state index in [4.69, 9.17) is 9.84 Å². The first-order chi connectivity index (χ1) is 12.5. The Bertz CT molecular complexity index is 695. The van der Waals surface area contributed by atoms with Crippen LogP contribution >= 0.6 is 0 Å². The maximum absolute atomic E-state index is 12.9. The molecule has 2 N–H and O–H groups in total. The molecule has 2 unspecified atom stereocenters. The summed E-state index contributed by atoms with van der Waals surface area (Å²) in [5, 5.41) is 11.9. The van der Waals surface area contributed by atoms with Crippen LogP contribution in [0.15, 0.2) is 24.3 Å². The van der Waals surface area contributed by atoms with Crippen LogP contribution in [-0.2, 0) is 14.3 Å². The summed E-state index contributed by atoms with van der Waals surface area (Å²) in [6, 6.07) is 6.87. The number of rotatable bonds is 7. The number of carbonyl (C=O) groups is 3. The predicted molar refractivity (Wildman–Crippen MR) is 94.9 cm³/mol. The van der Waals surface area contributed by atoms with Crippen LogP contribution in [0.4, 0.5) is 5.69 Å². The smallest absolute Gasteiger partial charge is 0.308 e. The highest BCUT2D eigenvalue weighted by atomic mass is 16.5. The van der Waals surface area contributed by atoms with E-state index in [-0.39, 0.29) is 24.4 Å². The fourth-order valence-electron chi connectivity index (χ4n) is 3.06. The van der Waals surface area contributed by atoms with Crippen molar-refractivity contribution < 1.29 is 24.2 Å². The number of carboxylic acid groups (broad SMARTS) is 1. The van der Waals surface area contributed by atoms with Crippen LogP contribution in [0.3, 0.4) is 0 Å². The zero-order valence-corrected chi connectivity index (χ0v) is 14.8. The average molecular weight is 360 g/mol. The number of carboxylic acids is 1. The standard InChI is InChI=1S/C19H24N2O5/c1-12(19(24)25)11-21(15-7-8-15)18(23)13-4-2-5-14(10-13)20-17(22)16-6-3-9-26-16/h2,4-5,10,12,15-16H,3,6-9,11H2,1H3,(H,20,22)(H,24,25). The fourth-order valence-corrected chi connectivity index (χ4v) is 3.06. The second-order valence-corrected chi connectivity index (χ2v) is 7.00. The molecule has 1 aromatic carbocycles. The normalized spacial score (nSPS) is 20.4. The minimum Gasteiger partial charge on any atom is -0.481 e. The van der Waals surface area contributed by atoms with Gasteiger partial charge in [0.1, 0.15) is 6.10 Å². The second-order valence-electron chi connectivity index (χ2n) is 7.00. The summed E-state index contributed by atoms with van der Waals surface area (Å²) >= 11 is 0. The summed E-state index contributed by atoms with van der Waals surface area (Å²) in [5.74, 6) is -1.94. The molecule has 0 bridgehead atoms. The molecule has 2 atom stereocenters. The first-order valence-corrected chi connectivity index (χ1v) is 9.02. The molecule has 1 aliphatic carbocycles. The van der Waals surface area contributed by atoms with Gasteiger partial charge in [0.05, 0.1) is 5.92 Å². The van der Waals surface area contributed by atoms with Crippen molar-refractivity contribution in [2.45, 2.75) is 44.8 Å². The molecule has 1 heterocycles. The molecule has 7 nitrogen and oxygen atoms in total. The molecule has 1 aromatic rings. The monoisotopic (exact) mass is 360 g/mol. The first-order valence-electron chi connectivity index (χ1n) is 9.02. The topological polar surface area (TPSA) is 95.9 Å². The molecule has 0 radical (unpaired) electrons. The van der Waals surface area contributed by atoms with Crippen molar-refractivity contribution in [1.29, 1.82) is 0 Å². The van der Waals surface area contributed by atoms with Gasteiger partial charge in [-0.3, -0.25) is 14.4 Å². The quantitative estimate of drug-likeness (QED) is 0.776. The van der Waals surface area contributed by atoms with Gasteiger partial charge < -0.3 is 20.1 Å². The van der Waals surface area contributed by atoms with Gasteiger partial charge in [0.15, 0.2) is 0 Å². The van der Waals surface area contributed by atoms with Gasteiger partial charge in [-0.2, -0.15) is 0 Å². The highest BCUT2D eigenvalue weighted by Gasteiger charge is 2.35. The number of ether oxygens (including phenoxy) is 1. The van der Waals surface area contributed by atoms with Crippen molar-refractivity contribution in [3.63, 3.8) is 0 Å². The molecule has 1 saturated heterocycles. The zero-order chi connectivity index (χ0) is 18.7. The van der Waals surface area contributed by atoms with Gasteiger partial charge in [-0.05, 0) is 43.9 Å². The number of hydrogen-bond donors (Lipinski definition) is 2. The summed E-state index contributed by atoms with van der Waals surface area (Å²) in [5.41, 5.74) is 0.984. The maximum Gasteiger partial charge on any atom is 0.308 e. The van der Waals surface area contributed by atoms with Crippen molar-refractivity contribution in [2.75, 3.05) is 18.5 Å². The van der Waals surface area contributed by atoms with Gasteiger partial charge in [-0.1, -0.05) is 13.0 Å². The van der Waals surface area contributed by atoms with Gasteiger partial charge in [-0.15, -0.1) is 0 Å². The Morgan fingerprint density at radius 1 is 1.31 bits per heavy atom. The molecule has 140 valence electrons. The summed E-state index contributed by atoms with van der Waals surface area (Å²) in [4.78, 5) is 37.8.